The molecule has 1 aromatic heterocycles. The van der Waals surface area contributed by atoms with Gasteiger partial charge in [-0.2, -0.15) is 17.6 Å². The van der Waals surface area contributed by atoms with Gasteiger partial charge < -0.3 is 30.0 Å². The van der Waals surface area contributed by atoms with Gasteiger partial charge in [-0.15, -0.1) is 11.3 Å². The third-order valence-corrected chi connectivity index (χ3v) is 6.98. The number of ether oxygens (including phenoxy) is 3. The van der Waals surface area contributed by atoms with E-state index in [0.29, 0.717) is 4.88 Å². The molecule has 1 fully saturated rings. The van der Waals surface area contributed by atoms with Crippen molar-refractivity contribution in [2.45, 2.75) is 77.3 Å². The number of hydrogen-bond donors (Lipinski definition) is 4. The lowest BCUT2D eigenvalue weighted by Crippen LogP contribution is -2.57. The van der Waals surface area contributed by atoms with E-state index < -0.39 is 74.0 Å². The highest BCUT2D eigenvalue weighted by Crippen LogP contribution is 2.28. The molecule has 2 heterocycles. The van der Waals surface area contributed by atoms with Crippen LogP contribution in [0.3, 0.4) is 0 Å². The fraction of sp³-hybridized carbons (Fsp3) is 0.536. The van der Waals surface area contributed by atoms with Gasteiger partial charge in [-0.05, 0) is 46.2 Å². The standard InChI is InChI=1S/C21H29F4N3O7S.C7H10/c1-10-4-5-14(36-10)18(32)27-12(6-7-33-19(22)23)16(30)28-13(8-34-20(24)25)17(31)26-11(2)15(29)21(3)9-35-21;1-4-6-7(3)5-2/h4-5,11-13,18-20,27,32H,6-9H2,1-3H3,(H,26,31)(H,28,30);4-6H,1-2H2,3H3/b;7-6-/t11?,12?,13-,18?,21?;/m0./s1. The van der Waals surface area contributed by atoms with E-state index in [0.717, 1.165) is 10.5 Å². The summed E-state index contributed by atoms with van der Waals surface area (Å²) in [5.74, 6) is -2.42. The number of allylic oxidation sites excluding steroid dienone is 4. The second kappa shape index (κ2) is 18.7. The van der Waals surface area contributed by atoms with Crippen molar-refractivity contribution in [2.24, 2.45) is 0 Å². The lowest BCUT2D eigenvalue weighted by atomic mass is 10.0. The van der Waals surface area contributed by atoms with Crippen LogP contribution >= 0.6 is 11.3 Å². The second-order valence-electron chi connectivity index (χ2n) is 9.61. The maximum atomic E-state index is 12.9. The van der Waals surface area contributed by atoms with E-state index in [9.17, 15) is 37.1 Å². The van der Waals surface area contributed by atoms with Gasteiger partial charge in [-0.1, -0.05) is 37.0 Å². The van der Waals surface area contributed by atoms with Crippen molar-refractivity contribution in [2.75, 3.05) is 19.8 Å². The smallest absolute Gasteiger partial charge is 0.345 e. The van der Waals surface area contributed by atoms with E-state index in [-0.39, 0.29) is 13.0 Å². The van der Waals surface area contributed by atoms with E-state index in [1.165, 1.54) is 25.2 Å². The molecule has 1 saturated heterocycles. The molecule has 10 nitrogen and oxygen atoms in total. The summed E-state index contributed by atoms with van der Waals surface area (Å²) in [5, 5.41) is 17.5. The highest BCUT2D eigenvalue weighted by atomic mass is 32.1. The summed E-state index contributed by atoms with van der Waals surface area (Å²) in [6, 6.07) is -0.778. The Bertz CT molecular complexity index is 1110. The Kier molecular flexibility index (Phi) is 16.5. The summed E-state index contributed by atoms with van der Waals surface area (Å²) in [5.41, 5.74) is 0.0935. The number of carbonyl (C=O) groups is 3. The van der Waals surface area contributed by atoms with Crippen LogP contribution in [0.1, 0.15) is 43.2 Å². The maximum absolute atomic E-state index is 12.9. The number of hydrogen-bond acceptors (Lipinski definition) is 9. The zero-order valence-electron chi connectivity index (χ0n) is 24.4. The van der Waals surface area contributed by atoms with E-state index in [2.05, 4.69) is 38.6 Å². The minimum atomic E-state index is -3.26. The third-order valence-electron chi connectivity index (χ3n) is 5.93. The fourth-order valence-corrected chi connectivity index (χ4v) is 4.23. The number of aliphatic hydroxyl groups excluding tert-OH is 1. The Labute approximate surface area is 252 Å². The summed E-state index contributed by atoms with van der Waals surface area (Å²) in [7, 11) is 0. The molecular formula is C28H39F4N3O7S. The number of rotatable bonds is 18. The molecule has 4 unspecified atom stereocenters. The normalized spacial score (nSPS) is 19.0. The van der Waals surface area contributed by atoms with Crippen molar-refractivity contribution in [3.05, 3.63) is 58.8 Å². The van der Waals surface area contributed by atoms with E-state index in [1.807, 2.05) is 13.0 Å². The van der Waals surface area contributed by atoms with Crippen LogP contribution in [-0.2, 0) is 28.6 Å². The number of aryl methyl sites for hydroxylation is 1. The average molecular weight is 638 g/mol. The first kappa shape index (κ1) is 38.1. The zero-order chi connectivity index (χ0) is 32.7. The van der Waals surface area contributed by atoms with Gasteiger partial charge in [0, 0.05) is 9.75 Å². The van der Waals surface area contributed by atoms with E-state index in [4.69, 9.17) is 4.74 Å². The van der Waals surface area contributed by atoms with Gasteiger partial charge >= 0.3 is 13.2 Å². The summed E-state index contributed by atoms with van der Waals surface area (Å²) in [6.45, 7) is 6.01. The van der Waals surface area contributed by atoms with Crippen LogP contribution in [0.2, 0.25) is 0 Å². The van der Waals surface area contributed by atoms with Crippen molar-refractivity contribution < 1.29 is 51.3 Å². The highest BCUT2D eigenvalue weighted by molar-refractivity contribution is 7.11. The van der Waals surface area contributed by atoms with Gasteiger partial charge in [0.1, 0.15) is 17.9 Å². The molecule has 1 aromatic rings. The van der Waals surface area contributed by atoms with Crippen LogP contribution in [0.15, 0.2) is 49.1 Å². The molecule has 43 heavy (non-hydrogen) atoms. The number of amides is 2. The molecule has 0 radical (unpaired) electrons. The molecule has 15 heteroatoms. The zero-order valence-corrected chi connectivity index (χ0v) is 25.2. The van der Waals surface area contributed by atoms with E-state index >= 15 is 0 Å². The number of halogens is 4. The average Bonchev–Trinajstić information content (AvgIpc) is 3.54. The number of epoxide rings is 1. The number of Topliss-reactive ketones (excluding diaryl/α,β-unsaturated/α-hetero) is 1. The first-order chi connectivity index (χ1) is 20.1. The second-order valence-corrected chi connectivity index (χ2v) is 10.9. The van der Waals surface area contributed by atoms with Gasteiger partial charge in [-0.25, -0.2) is 0 Å². The molecule has 2 rings (SSSR count). The van der Waals surface area contributed by atoms with Crippen molar-refractivity contribution in [3.8, 4) is 0 Å². The molecule has 5 atom stereocenters. The minimum Gasteiger partial charge on any atom is -0.373 e. The van der Waals surface area contributed by atoms with Gasteiger partial charge in [-0.3, -0.25) is 19.7 Å². The molecule has 0 bridgehead atoms. The van der Waals surface area contributed by atoms with Crippen molar-refractivity contribution >= 4 is 28.9 Å². The van der Waals surface area contributed by atoms with Crippen LogP contribution in [0.5, 0.6) is 0 Å². The monoisotopic (exact) mass is 637 g/mol. The molecule has 0 aliphatic carbocycles. The topological polar surface area (TPSA) is 139 Å². The largest absolute Gasteiger partial charge is 0.373 e. The summed E-state index contributed by atoms with van der Waals surface area (Å²) in [4.78, 5) is 39.2. The first-order valence-corrected chi connectivity index (χ1v) is 14.0. The van der Waals surface area contributed by atoms with Crippen LogP contribution < -0.4 is 16.0 Å². The number of thiophene rings is 1. The van der Waals surface area contributed by atoms with Crippen LogP contribution in [-0.4, -0.2) is 79.5 Å². The van der Waals surface area contributed by atoms with E-state index in [1.54, 1.807) is 31.2 Å². The molecular weight excluding hydrogens is 598 g/mol. The van der Waals surface area contributed by atoms with Gasteiger partial charge in [0.05, 0.1) is 31.9 Å². The summed E-state index contributed by atoms with van der Waals surface area (Å²) in [6.07, 6.45) is 3.73. The highest BCUT2D eigenvalue weighted by Gasteiger charge is 2.49. The molecule has 2 amide bonds. The molecule has 1 aliphatic heterocycles. The third kappa shape index (κ3) is 14.4. The Morgan fingerprint density at radius 2 is 1.72 bits per heavy atom. The maximum Gasteiger partial charge on any atom is 0.345 e. The Morgan fingerprint density at radius 1 is 1.12 bits per heavy atom. The molecule has 1 aliphatic rings. The van der Waals surface area contributed by atoms with Gasteiger partial charge in [0.25, 0.3) is 0 Å². The summed E-state index contributed by atoms with van der Waals surface area (Å²) < 4.78 is 63.5. The Hall–Kier alpha value is -2.95. The number of carbonyl (C=O) groups excluding carboxylic acids is 3. The quantitative estimate of drug-likeness (QED) is 0.0831. The summed E-state index contributed by atoms with van der Waals surface area (Å²) >= 11 is 1.22. The number of nitrogens with one attached hydrogen (secondary N) is 3. The molecule has 0 aromatic carbocycles. The molecule has 0 spiro atoms. The van der Waals surface area contributed by atoms with Crippen molar-refractivity contribution in [1.29, 1.82) is 0 Å². The number of ketones is 1. The van der Waals surface area contributed by atoms with Crippen LogP contribution in [0, 0.1) is 6.92 Å². The fourth-order valence-electron chi connectivity index (χ4n) is 3.40. The lowest BCUT2D eigenvalue weighted by Gasteiger charge is -2.25. The van der Waals surface area contributed by atoms with Crippen molar-refractivity contribution in [1.82, 2.24) is 16.0 Å². The molecule has 242 valence electrons. The Balaban J connectivity index is 0.00000117. The van der Waals surface area contributed by atoms with Crippen molar-refractivity contribution in [3.63, 3.8) is 0 Å². The number of alkyl halides is 4. The molecule has 4 N–H and O–H groups in total. The predicted molar refractivity (Wildman–Crippen MR) is 153 cm³/mol. The SMILES string of the molecule is C=C/C=C(/C)C=C.Cc1ccc(C(O)NC(CCOC(F)F)C(=O)N[C@@H](COC(F)F)C(=O)NC(C)C(=O)C2(C)CO2)s1. The van der Waals surface area contributed by atoms with Gasteiger partial charge in [0.15, 0.2) is 5.78 Å². The Morgan fingerprint density at radius 3 is 2.19 bits per heavy atom. The van der Waals surface area contributed by atoms with Crippen LogP contribution in [0.4, 0.5) is 17.6 Å². The number of aliphatic hydroxyl groups is 1. The van der Waals surface area contributed by atoms with Gasteiger partial charge in [0.2, 0.25) is 11.8 Å². The lowest BCUT2D eigenvalue weighted by molar-refractivity contribution is -0.149. The minimum absolute atomic E-state index is 0.167. The molecule has 0 saturated carbocycles. The first-order valence-electron chi connectivity index (χ1n) is 13.1. The predicted octanol–water partition coefficient (Wildman–Crippen LogP) is 3.53. The van der Waals surface area contributed by atoms with Crippen LogP contribution in [0.25, 0.3) is 0 Å².